The molecular formula is C14H13ClN2O3. The number of benzene rings is 2. The summed E-state index contributed by atoms with van der Waals surface area (Å²) in [7, 11) is 1.56. The lowest BCUT2D eigenvalue weighted by atomic mass is 10.1. The van der Waals surface area contributed by atoms with Gasteiger partial charge in [0.2, 0.25) is 0 Å². The number of carbonyl (C=O) groups is 1. The lowest BCUT2D eigenvalue weighted by Gasteiger charge is -2.12. The Morgan fingerprint density at radius 2 is 2.00 bits per heavy atom. The highest BCUT2D eigenvalue weighted by Crippen LogP contribution is 2.31. The van der Waals surface area contributed by atoms with Gasteiger partial charge in [-0.25, -0.2) is 4.79 Å². The van der Waals surface area contributed by atoms with Gasteiger partial charge in [-0.15, -0.1) is 0 Å². The van der Waals surface area contributed by atoms with Crippen LogP contribution in [0.1, 0.15) is 10.4 Å². The van der Waals surface area contributed by atoms with Gasteiger partial charge in [-0.05, 0) is 30.3 Å². The van der Waals surface area contributed by atoms with Crippen molar-refractivity contribution in [2.45, 2.75) is 0 Å². The maximum absolute atomic E-state index is 10.8. The molecule has 0 aromatic heterocycles. The molecule has 6 heteroatoms. The first-order chi connectivity index (χ1) is 9.51. The Kier molecular flexibility index (Phi) is 4.00. The van der Waals surface area contributed by atoms with Gasteiger partial charge >= 0.3 is 5.97 Å². The van der Waals surface area contributed by atoms with Gasteiger partial charge in [-0.1, -0.05) is 11.6 Å². The van der Waals surface area contributed by atoms with E-state index < -0.39 is 5.97 Å². The van der Waals surface area contributed by atoms with Crippen molar-refractivity contribution in [2.75, 3.05) is 18.2 Å². The average Bonchev–Trinajstić information content (AvgIpc) is 2.43. The fraction of sp³-hybridized carbons (Fsp3) is 0.0714. The zero-order valence-corrected chi connectivity index (χ0v) is 11.4. The predicted molar refractivity (Wildman–Crippen MR) is 79.1 cm³/mol. The molecule has 0 unspecified atom stereocenters. The Morgan fingerprint density at radius 3 is 2.60 bits per heavy atom. The summed E-state index contributed by atoms with van der Waals surface area (Å²) in [6, 6.07) is 9.62. The normalized spacial score (nSPS) is 10.1. The van der Waals surface area contributed by atoms with Crippen molar-refractivity contribution in [1.29, 1.82) is 0 Å². The zero-order valence-electron chi connectivity index (χ0n) is 10.7. The van der Waals surface area contributed by atoms with Crippen LogP contribution in [0.25, 0.3) is 0 Å². The third-order valence-corrected chi connectivity index (χ3v) is 3.07. The van der Waals surface area contributed by atoms with Crippen molar-refractivity contribution in [3.63, 3.8) is 0 Å². The molecule has 0 aliphatic heterocycles. The standard InChI is InChI=1S/C14H13ClN2O3/c1-20-9-3-4-10(15)13(7-9)17-12-5-2-8(14(18)19)6-11(12)16/h2-7,17H,16H2,1H3,(H,18,19). The van der Waals surface area contributed by atoms with E-state index in [2.05, 4.69) is 5.32 Å². The number of nitrogen functional groups attached to an aromatic ring is 1. The number of hydrogen-bond acceptors (Lipinski definition) is 4. The molecule has 0 fully saturated rings. The van der Waals surface area contributed by atoms with Crippen molar-refractivity contribution < 1.29 is 14.6 Å². The van der Waals surface area contributed by atoms with Crippen LogP contribution in [0.4, 0.5) is 17.1 Å². The number of anilines is 3. The van der Waals surface area contributed by atoms with Crippen LogP contribution in [-0.2, 0) is 0 Å². The summed E-state index contributed by atoms with van der Waals surface area (Å²) in [5.74, 6) is -0.375. The minimum atomic E-state index is -1.03. The molecule has 2 rings (SSSR count). The van der Waals surface area contributed by atoms with Gasteiger partial charge in [0.25, 0.3) is 0 Å². The largest absolute Gasteiger partial charge is 0.497 e. The van der Waals surface area contributed by atoms with Gasteiger partial charge in [0.15, 0.2) is 0 Å². The predicted octanol–water partition coefficient (Wildman–Crippen LogP) is 3.37. The average molecular weight is 293 g/mol. The van der Waals surface area contributed by atoms with Gasteiger partial charge in [0, 0.05) is 6.07 Å². The molecule has 2 aromatic rings. The van der Waals surface area contributed by atoms with Gasteiger partial charge in [-0.2, -0.15) is 0 Å². The van der Waals surface area contributed by atoms with E-state index >= 15 is 0 Å². The summed E-state index contributed by atoms with van der Waals surface area (Å²) in [5.41, 5.74) is 7.48. The molecule has 0 aliphatic carbocycles. The Hall–Kier alpha value is -2.40. The van der Waals surface area contributed by atoms with Crippen LogP contribution in [-0.4, -0.2) is 18.2 Å². The first-order valence-electron chi connectivity index (χ1n) is 5.74. The van der Waals surface area contributed by atoms with Crippen LogP contribution in [0.15, 0.2) is 36.4 Å². The number of aromatic carboxylic acids is 1. The molecular weight excluding hydrogens is 280 g/mol. The summed E-state index contributed by atoms with van der Waals surface area (Å²) < 4.78 is 5.12. The van der Waals surface area contributed by atoms with Crippen molar-refractivity contribution in [3.05, 3.63) is 47.0 Å². The van der Waals surface area contributed by atoms with Crippen molar-refractivity contribution in [2.24, 2.45) is 0 Å². The number of hydrogen-bond donors (Lipinski definition) is 3. The van der Waals surface area contributed by atoms with E-state index in [1.165, 1.54) is 12.1 Å². The summed E-state index contributed by atoms with van der Waals surface area (Å²) >= 11 is 6.08. The fourth-order valence-electron chi connectivity index (χ4n) is 1.68. The van der Waals surface area contributed by atoms with E-state index in [0.717, 1.165) is 0 Å². The monoisotopic (exact) mass is 292 g/mol. The van der Waals surface area contributed by atoms with E-state index in [4.69, 9.17) is 27.2 Å². The quantitative estimate of drug-likeness (QED) is 0.752. The second kappa shape index (κ2) is 5.71. The summed E-state index contributed by atoms with van der Waals surface area (Å²) in [4.78, 5) is 10.8. The third kappa shape index (κ3) is 2.95. The van der Waals surface area contributed by atoms with Crippen LogP contribution >= 0.6 is 11.6 Å². The Labute approximate surface area is 120 Å². The molecule has 104 valence electrons. The van der Waals surface area contributed by atoms with E-state index in [1.807, 2.05) is 0 Å². The lowest BCUT2D eigenvalue weighted by molar-refractivity contribution is 0.0697. The van der Waals surface area contributed by atoms with E-state index in [1.54, 1.807) is 31.4 Å². The van der Waals surface area contributed by atoms with Crippen molar-refractivity contribution in [3.8, 4) is 5.75 Å². The van der Waals surface area contributed by atoms with E-state index in [-0.39, 0.29) is 5.56 Å². The number of carboxylic acid groups (broad SMARTS) is 1. The topological polar surface area (TPSA) is 84.6 Å². The maximum Gasteiger partial charge on any atom is 0.335 e. The molecule has 0 radical (unpaired) electrons. The van der Waals surface area contributed by atoms with Crippen LogP contribution in [0.3, 0.4) is 0 Å². The molecule has 2 aromatic carbocycles. The number of ether oxygens (including phenoxy) is 1. The highest BCUT2D eigenvalue weighted by atomic mass is 35.5. The third-order valence-electron chi connectivity index (χ3n) is 2.74. The van der Waals surface area contributed by atoms with Gasteiger partial charge < -0.3 is 20.9 Å². The minimum absolute atomic E-state index is 0.129. The highest BCUT2D eigenvalue weighted by Gasteiger charge is 2.08. The summed E-state index contributed by atoms with van der Waals surface area (Å²) in [5, 5.41) is 12.4. The second-order valence-electron chi connectivity index (χ2n) is 4.08. The number of nitrogens with two attached hydrogens (primary N) is 1. The number of methoxy groups -OCH3 is 1. The molecule has 0 saturated carbocycles. The van der Waals surface area contributed by atoms with Crippen molar-refractivity contribution in [1.82, 2.24) is 0 Å². The zero-order chi connectivity index (χ0) is 14.7. The molecule has 0 amide bonds. The van der Waals surface area contributed by atoms with Gasteiger partial charge in [0.1, 0.15) is 5.75 Å². The number of halogens is 1. The highest BCUT2D eigenvalue weighted by molar-refractivity contribution is 6.33. The number of rotatable bonds is 4. The summed E-state index contributed by atoms with van der Waals surface area (Å²) in [6.07, 6.45) is 0. The van der Waals surface area contributed by atoms with E-state index in [9.17, 15) is 4.79 Å². The summed E-state index contributed by atoms with van der Waals surface area (Å²) in [6.45, 7) is 0. The number of carboxylic acids is 1. The molecule has 0 aliphatic rings. The van der Waals surface area contributed by atoms with Gasteiger partial charge in [0.05, 0.1) is 34.8 Å². The fourth-order valence-corrected chi connectivity index (χ4v) is 1.85. The number of nitrogens with one attached hydrogen (secondary N) is 1. The Morgan fingerprint density at radius 1 is 1.25 bits per heavy atom. The van der Waals surface area contributed by atoms with Crippen LogP contribution in [0.2, 0.25) is 5.02 Å². The minimum Gasteiger partial charge on any atom is -0.497 e. The molecule has 0 heterocycles. The maximum atomic E-state index is 10.8. The Bertz CT molecular complexity index is 659. The molecule has 0 bridgehead atoms. The first-order valence-corrected chi connectivity index (χ1v) is 6.12. The lowest BCUT2D eigenvalue weighted by Crippen LogP contribution is -2.01. The molecule has 0 saturated heterocycles. The van der Waals surface area contributed by atoms with E-state index in [0.29, 0.717) is 27.8 Å². The first kappa shape index (κ1) is 14.0. The molecule has 20 heavy (non-hydrogen) atoms. The molecule has 0 spiro atoms. The molecule has 4 N–H and O–H groups in total. The van der Waals surface area contributed by atoms with Crippen LogP contribution in [0.5, 0.6) is 5.75 Å². The van der Waals surface area contributed by atoms with Crippen LogP contribution < -0.4 is 15.8 Å². The second-order valence-corrected chi connectivity index (χ2v) is 4.49. The smallest absolute Gasteiger partial charge is 0.335 e. The Balaban J connectivity index is 2.32. The van der Waals surface area contributed by atoms with Crippen molar-refractivity contribution >= 4 is 34.6 Å². The SMILES string of the molecule is COc1ccc(Cl)c(Nc2ccc(C(=O)O)cc2N)c1. The molecule has 0 atom stereocenters. The van der Waals surface area contributed by atoms with Gasteiger partial charge in [-0.3, -0.25) is 0 Å². The van der Waals surface area contributed by atoms with Crippen LogP contribution in [0, 0.1) is 0 Å². The molecule has 5 nitrogen and oxygen atoms in total.